The van der Waals surface area contributed by atoms with E-state index in [9.17, 15) is 0 Å². The molecule has 0 amide bonds. The number of nitrogens with zero attached hydrogens (tertiary/aromatic N) is 2. The van der Waals surface area contributed by atoms with E-state index in [2.05, 4.69) is 30.9 Å². The third-order valence-corrected chi connectivity index (χ3v) is 2.72. The van der Waals surface area contributed by atoms with Crippen molar-refractivity contribution in [1.82, 2.24) is 15.0 Å². The first-order chi connectivity index (χ1) is 6.22. The Morgan fingerprint density at radius 1 is 1.46 bits per heavy atom. The van der Waals surface area contributed by atoms with Crippen LogP contribution in [0.3, 0.4) is 0 Å². The maximum Gasteiger partial charge on any atom is 0.156 e. The number of alkyl halides is 1. The van der Waals surface area contributed by atoms with Crippen LogP contribution < -0.4 is 0 Å². The lowest BCUT2D eigenvalue weighted by molar-refractivity contribution is 1.06. The molecule has 0 aliphatic heterocycles. The zero-order valence-corrected chi connectivity index (χ0v) is 9.41. The fraction of sp³-hybridized carbons (Fsp3) is 0.143. The van der Waals surface area contributed by atoms with Crippen molar-refractivity contribution in [1.29, 1.82) is 0 Å². The monoisotopic (exact) mass is 279 g/mol. The van der Waals surface area contributed by atoms with Crippen molar-refractivity contribution in [3.05, 3.63) is 21.6 Å². The van der Waals surface area contributed by atoms with Crippen LogP contribution in [-0.2, 0) is 5.88 Å². The van der Waals surface area contributed by atoms with Gasteiger partial charge < -0.3 is 4.98 Å². The van der Waals surface area contributed by atoms with Gasteiger partial charge in [0.1, 0.15) is 16.9 Å². The smallest absolute Gasteiger partial charge is 0.156 e. The van der Waals surface area contributed by atoms with Crippen LogP contribution in [0.25, 0.3) is 11.0 Å². The number of rotatable bonds is 1. The van der Waals surface area contributed by atoms with Crippen molar-refractivity contribution in [2.24, 2.45) is 0 Å². The number of halogens is 3. The lowest BCUT2D eigenvalue weighted by atomic mass is 10.4. The van der Waals surface area contributed by atoms with Crippen LogP contribution in [0.2, 0.25) is 5.15 Å². The maximum atomic E-state index is 5.89. The van der Waals surface area contributed by atoms with Crippen LogP contribution in [0.15, 0.2) is 10.7 Å². The Balaban J connectivity index is 2.80. The zero-order valence-electron chi connectivity index (χ0n) is 6.31. The van der Waals surface area contributed by atoms with E-state index in [-0.39, 0.29) is 5.88 Å². The second-order valence-electron chi connectivity index (χ2n) is 2.42. The average Bonchev–Trinajstić information content (AvgIpc) is 2.48. The van der Waals surface area contributed by atoms with Crippen molar-refractivity contribution in [3.8, 4) is 0 Å². The maximum absolute atomic E-state index is 5.89. The third kappa shape index (κ3) is 1.54. The summed E-state index contributed by atoms with van der Waals surface area (Å²) in [5.41, 5.74) is 1.48. The van der Waals surface area contributed by atoms with Crippen LogP contribution in [0, 0.1) is 0 Å². The van der Waals surface area contributed by atoms with Gasteiger partial charge in [0.2, 0.25) is 0 Å². The molecule has 6 heteroatoms. The van der Waals surface area contributed by atoms with Gasteiger partial charge in [-0.2, -0.15) is 0 Å². The molecule has 0 saturated heterocycles. The van der Waals surface area contributed by atoms with Gasteiger partial charge in [0.05, 0.1) is 10.4 Å². The largest absolute Gasteiger partial charge is 0.356 e. The molecule has 0 aromatic carbocycles. The van der Waals surface area contributed by atoms with Gasteiger partial charge in [0, 0.05) is 6.20 Å². The summed E-state index contributed by atoms with van der Waals surface area (Å²) in [6.45, 7) is 0. The standard InChI is InChI=1S/C7H4BrCl2N3/c8-3-2-11-6-5(3)12-4(1-9)13-7(6)10/h2,11H,1H2. The quantitative estimate of drug-likeness (QED) is 0.644. The highest BCUT2D eigenvalue weighted by Gasteiger charge is 2.09. The van der Waals surface area contributed by atoms with Gasteiger partial charge in [-0.05, 0) is 15.9 Å². The number of nitrogens with one attached hydrogen (secondary N) is 1. The molecule has 0 fully saturated rings. The van der Waals surface area contributed by atoms with E-state index in [0.29, 0.717) is 11.0 Å². The van der Waals surface area contributed by atoms with E-state index in [0.717, 1.165) is 15.5 Å². The molecular formula is C7H4BrCl2N3. The summed E-state index contributed by atoms with van der Waals surface area (Å²) in [5.74, 6) is 0.785. The minimum Gasteiger partial charge on any atom is -0.356 e. The molecule has 0 bridgehead atoms. The zero-order chi connectivity index (χ0) is 9.42. The predicted octanol–water partition coefficient (Wildman–Crippen LogP) is 3.11. The molecule has 2 rings (SSSR count). The molecule has 0 atom stereocenters. The number of aromatic nitrogens is 3. The topological polar surface area (TPSA) is 41.6 Å². The summed E-state index contributed by atoms with van der Waals surface area (Å²) in [4.78, 5) is 11.2. The Labute approximate surface area is 92.6 Å². The van der Waals surface area contributed by atoms with Crippen molar-refractivity contribution in [2.45, 2.75) is 5.88 Å². The van der Waals surface area contributed by atoms with Gasteiger partial charge in [-0.1, -0.05) is 11.6 Å². The van der Waals surface area contributed by atoms with E-state index in [4.69, 9.17) is 23.2 Å². The molecule has 0 radical (unpaired) electrons. The number of H-pyrrole nitrogens is 1. The van der Waals surface area contributed by atoms with Crippen LogP contribution >= 0.6 is 39.1 Å². The van der Waals surface area contributed by atoms with Crippen LogP contribution in [0.1, 0.15) is 5.82 Å². The van der Waals surface area contributed by atoms with Gasteiger partial charge in [-0.25, -0.2) is 9.97 Å². The Bertz CT molecular complexity index is 454. The van der Waals surface area contributed by atoms with E-state index >= 15 is 0 Å². The number of hydrogen-bond donors (Lipinski definition) is 1. The summed E-state index contributed by atoms with van der Waals surface area (Å²) in [6.07, 6.45) is 1.77. The van der Waals surface area contributed by atoms with Crippen molar-refractivity contribution >= 4 is 50.2 Å². The molecule has 1 N–H and O–H groups in total. The second-order valence-corrected chi connectivity index (χ2v) is 3.90. The average molecular weight is 281 g/mol. The highest BCUT2D eigenvalue weighted by molar-refractivity contribution is 9.10. The summed E-state index contributed by atoms with van der Waals surface area (Å²) in [7, 11) is 0. The number of aromatic amines is 1. The van der Waals surface area contributed by atoms with E-state index in [1.165, 1.54) is 0 Å². The molecule has 0 spiro atoms. The van der Waals surface area contributed by atoms with Crippen molar-refractivity contribution in [2.75, 3.05) is 0 Å². The highest BCUT2D eigenvalue weighted by Crippen LogP contribution is 2.26. The molecule has 2 aromatic heterocycles. The molecule has 0 unspecified atom stereocenters. The van der Waals surface area contributed by atoms with E-state index < -0.39 is 0 Å². The molecule has 0 aliphatic carbocycles. The van der Waals surface area contributed by atoms with E-state index in [1.54, 1.807) is 6.20 Å². The molecular weight excluding hydrogens is 277 g/mol. The first-order valence-electron chi connectivity index (χ1n) is 3.47. The van der Waals surface area contributed by atoms with Crippen LogP contribution in [0.5, 0.6) is 0 Å². The van der Waals surface area contributed by atoms with Gasteiger partial charge in [-0.15, -0.1) is 11.6 Å². The summed E-state index contributed by atoms with van der Waals surface area (Å²) >= 11 is 14.8. The van der Waals surface area contributed by atoms with Gasteiger partial charge in [0.15, 0.2) is 5.15 Å². The molecule has 0 saturated carbocycles. The highest BCUT2D eigenvalue weighted by atomic mass is 79.9. The van der Waals surface area contributed by atoms with E-state index in [1.807, 2.05) is 0 Å². The van der Waals surface area contributed by atoms with Crippen molar-refractivity contribution in [3.63, 3.8) is 0 Å². The lowest BCUT2D eigenvalue weighted by Crippen LogP contribution is -1.92. The lowest BCUT2D eigenvalue weighted by Gasteiger charge is -1.97. The van der Waals surface area contributed by atoms with Gasteiger partial charge in [-0.3, -0.25) is 0 Å². The molecule has 2 aromatic rings. The van der Waals surface area contributed by atoms with Crippen LogP contribution in [-0.4, -0.2) is 15.0 Å². The first kappa shape index (κ1) is 9.24. The summed E-state index contributed by atoms with van der Waals surface area (Å²) < 4.78 is 0.859. The van der Waals surface area contributed by atoms with Crippen LogP contribution in [0.4, 0.5) is 0 Å². The normalized spacial score (nSPS) is 11.0. The number of fused-ring (bicyclic) bond motifs is 1. The van der Waals surface area contributed by atoms with Gasteiger partial charge in [0.25, 0.3) is 0 Å². The molecule has 3 nitrogen and oxygen atoms in total. The number of hydrogen-bond acceptors (Lipinski definition) is 2. The second kappa shape index (κ2) is 3.44. The minimum absolute atomic E-state index is 0.257. The Hall–Kier alpha value is -0.320. The Morgan fingerprint density at radius 3 is 2.92 bits per heavy atom. The predicted molar refractivity (Wildman–Crippen MR) is 56.2 cm³/mol. The summed E-state index contributed by atoms with van der Waals surface area (Å²) in [5, 5.41) is 0.395. The minimum atomic E-state index is 0.257. The summed E-state index contributed by atoms with van der Waals surface area (Å²) in [6, 6.07) is 0. The molecule has 13 heavy (non-hydrogen) atoms. The molecule has 68 valence electrons. The van der Waals surface area contributed by atoms with Crippen molar-refractivity contribution < 1.29 is 0 Å². The molecule has 2 heterocycles. The Morgan fingerprint density at radius 2 is 2.23 bits per heavy atom. The molecule has 0 aliphatic rings. The fourth-order valence-corrected chi connectivity index (χ4v) is 1.80. The van der Waals surface area contributed by atoms with Gasteiger partial charge >= 0.3 is 0 Å². The fourth-order valence-electron chi connectivity index (χ4n) is 1.04. The third-order valence-electron chi connectivity index (χ3n) is 1.60. The first-order valence-corrected chi connectivity index (χ1v) is 5.18. The Kier molecular flexibility index (Phi) is 2.45. The SMILES string of the molecule is ClCc1nc(Cl)c2[nH]cc(Br)c2n1.